The summed E-state index contributed by atoms with van der Waals surface area (Å²) in [6, 6.07) is 8.01. The zero-order chi connectivity index (χ0) is 11.2. The van der Waals surface area contributed by atoms with Crippen LogP contribution in [0.15, 0.2) is 24.3 Å². The minimum absolute atomic E-state index is 0.190. The highest BCUT2D eigenvalue weighted by atomic mass is 16.3. The molecule has 1 unspecified atom stereocenters. The summed E-state index contributed by atoms with van der Waals surface area (Å²) in [6.07, 6.45) is 6.41. The van der Waals surface area contributed by atoms with E-state index in [0.29, 0.717) is 11.8 Å². The monoisotopic (exact) mass is 217 g/mol. The van der Waals surface area contributed by atoms with Crippen molar-refractivity contribution in [3.63, 3.8) is 0 Å². The average molecular weight is 217 g/mol. The third-order valence-corrected chi connectivity index (χ3v) is 4.53. The van der Waals surface area contributed by atoms with Crippen molar-refractivity contribution in [1.29, 1.82) is 0 Å². The molecule has 2 fully saturated rings. The topological polar surface area (TPSA) is 46.2 Å². The highest BCUT2D eigenvalue weighted by Crippen LogP contribution is 2.57. The molecule has 2 nitrogen and oxygen atoms in total. The van der Waals surface area contributed by atoms with Gasteiger partial charge in [0.2, 0.25) is 0 Å². The van der Waals surface area contributed by atoms with Crippen molar-refractivity contribution in [2.45, 2.75) is 43.6 Å². The first-order chi connectivity index (χ1) is 7.73. The fourth-order valence-corrected chi connectivity index (χ4v) is 3.58. The smallest absolute Gasteiger partial charge is 0.115 e. The molecule has 0 amide bonds. The van der Waals surface area contributed by atoms with E-state index in [-0.39, 0.29) is 5.41 Å². The van der Waals surface area contributed by atoms with E-state index in [1.54, 1.807) is 6.07 Å². The van der Waals surface area contributed by atoms with Crippen molar-refractivity contribution in [3.8, 4) is 5.75 Å². The van der Waals surface area contributed by atoms with Crippen LogP contribution in [0.2, 0.25) is 0 Å². The summed E-state index contributed by atoms with van der Waals surface area (Å²) in [5.41, 5.74) is 7.63. The van der Waals surface area contributed by atoms with Gasteiger partial charge >= 0.3 is 0 Å². The fraction of sp³-hybridized carbons (Fsp3) is 0.571. The van der Waals surface area contributed by atoms with Gasteiger partial charge in [-0.05, 0) is 42.9 Å². The van der Waals surface area contributed by atoms with Crippen LogP contribution >= 0.6 is 0 Å². The van der Waals surface area contributed by atoms with Gasteiger partial charge in [0.15, 0.2) is 0 Å². The Bertz CT molecular complexity index is 397. The number of hydrogen-bond donors (Lipinski definition) is 2. The largest absolute Gasteiger partial charge is 0.508 e. The first-order valence-corrected chi connectivity index (χ1v) is 6.28. The SMILES string of the molecule is N[C@@H]1CC1(c1cccc(O)c1)C1CCCC1. The third kappa shape index (κ3) is 1.36. The molecule has 16 heavy (non-hydrogen) atoms. The lowest BCUT2D eigenvalue weighted by Crippen LogP contribution is -2.26. The maximum absolute atomic E-state index is 9.59. The fourth-order valence-electron chi connectivity index (χ4n) is 3.58. The van der Waals surface area contributed by atoms with Crippen molar-refractivity contribution < 1.29 is 5.11 Å². The van der Waals surface area contributed by atoms with Crippen molar-refractivity contribution in [2.75, 3.05) is 0 Å². The van der Waals surface area contributed by atoms with Crippen molar-refractivity contribution in [3.05, 3.63) is 29.8 Å². The lowest BCUT2D eigenvalue weighted by molar-refractivity contribution is 0.401. The van der Waals surface area contributed by atoms with Crippen LogP contribution < -0.4 is 5.73 Å². The Kier molecular flexibility index (Phi) is 2.21. The van der Waals surface area contributed by atoms with E-state index in [2.05, 4.69) is 6.07 Å². The molecular formula is C14H19NO. The van der Waals surface area contributed by atoms with Gasteiger partial charge in [0.05, 0.1) is 0 Å². The number of nitrogens with two attached hydrogens (primary N) is 1. The average Bonchev–Trinajstić information content (AvgIpc) is 2.75. The molecule has 0 bridgehead atoms. The van der Waals surface area contributed by atoms with E-state index >= 15 is 0 Å². The van der Waals surface area contributed by atoms with Gasteiger partial charge in [0.25, 0.3) is 0 Å². The molecule has 2 aliphatic rings. The van der Waals surface area contributed by atoms with Gasteiger partial charge in [-0.1, -0.05) is 25.0 Å². The summed E-state index contributed by atoms with van der Waals surface area (Å²) >= 11 is 0. The van der Waals surface area contributed by atoms with E-state index in [1.165, 1.54) is 31.2 Å². The number of rotatable bonds is 2. The first kappa shape index (κ1) is 10.2. The molecular weight excluding hydrogens is 198 g/mol. The Hall–Kier alpha value is -1.02. The van der Waals surface area contributed by atoms with Crippen LogP contribution in [0.3, 0.4) is 0 Å². The van der Waals surface area contributed by atoms with Crippen LogP contribution in [0, 0.1) is 5.92 Å². The van der Waals surface area contributed by atoms with E-state index < -0.39 is 0 Å². The quantitative estimate of drug-likeness (QED) is 0.799. The predicted octanol–water partition coefficient (Wildman–Crippen LogP) is 2.55. The Morgan fingerprint density at radius 3 is 2.50 bits per heavy atom. The third-order valence-electron chi connectivity index (χ3n) is 4.53. The zero-order valence-electron chi connectivity index (χ0n) is 9.52. The van der Waals surface area contributed by atoms with Crippen LogP contribution in [-0.2, 0) is 5.41 Å². The number of phenolic OH excluding ortho intramolecular Hbond substituents is 1. The lowest BCUT2D eigenvalue weighted by atomic mass is 9.81. The second kappa shape index (κ2) is 3.49. The molecule has 2 saturated carbocycles. The van der Waals surface area contributed by atoms with E-state index in [4.69, 9.17) is 5.73 Å². The van der Waals surface area contributed by atoms with E-state index in [9.17, 15) is 5.11 Å². The maximum Gasteiger partial charge on any atom is 0.115 e. The van der Waals surface area contributed by atoms with Gasteiger partial charge in [0.1, 0.15) is 5.75 Å². The van der Waals surface area contributed by atoms with Gasteiger partial charge < -0.3 is 10.8 Å². The van der Waals surface area contributed by atoms with E-state index in [1.807, 2.05) is 12.1 Å². The van der Waals surface area contributed by atoms with Gasteiger partial charge in [-0.3, -0.25) is 0 Å². The highest BCUT2D eigenvalue weighted by molar-refractivity contribution is 5.41. The van der Waals surface area contributed by atoms with Gasteiger partial charge in [-0.2, -0.15) is 0 Å². The molecule has 0 heterocycles. The summed E-state index contributed by atoms with van der Waals surface area (Å²) in [5, 5.41) is 9.59. The number of aromatic hydroxyl groups is 1. The number of benzene rings is 1. The van der Waals surface area contributed by atoms with Gasteiger partial charge in [0, 0.05) is 11.5 Å². The molecule has 3 rings (SSSR count). The summed E-state index contributed by atoms with van der Waals surface area (Å²) in [5.74, 6) is 1.11. The standard InChI is InChI=1S/C14H19NO/c15-13-9-14(13,10-4-1-2-5-10)11-6-3-7-12(16)8-11/h3,6-8,10,13,16H,1-2,4-5,9,15H2/t13-,14?/m1/s1. The minimum atomic E-state index is 0.190. The second-order valence-corrected chi connectivity index (χ2v) is 5.38. The normalized spacial score (nSPS) is 34.2. The summed E-state index contributed by atoms with van der Waals surface area (Å²) < 4.78 is 0. The molecule has 0 radical (unpaired) electrons. The summed E-state index contributed by atoms with van der Waals surface area (Å²) in [7, 11) is 0. The first-order valence-electron chi connectivity index (χ1n) is 6.28. The molecule has 2 atom stereocenters. The molecule has 1 aromatic carbocycles. The van der Waals surface area contributed by atoms with Crippen molar-refractivity contribution in [1.82, 2.24) is 0 Å². The van der Waals surface area contributed by atoms with Crippen molar-refractivity contribution >= 4 is 0 Å². The van der Waals surface area contributed by atoms with Crippen LogP contribution in [-0.4, -0.2) is 11.1 Å². The molecule has 86 valence electrons. The van der Waals surface area contributed by atoms with Crippen LogP contribution in [0.4, 0.5) is 0 Å². The molecule has 0 aliphatic heterocycles. The molecule has 0 aromatic heterocycles. The van der Waals surface area contributed by atoms with Crippen molar-refractivity contribution in [2.24, 2.45) is 11.7 Å². The molecule has 0 spiro atoms. The Labute approximate surface area is 96.5 Å². The lowest BCUT2D eigenvalue weighted by Gasteiger charge is -2.24. The second-order valence-electron chi connectivity index (χ2n) is 5.38. The number of hydrogen-bond acceptors (Lipinski definition) is 2. The highest BCUT2D eigenvalue weighted by Gasteiger charge is 2.58. The molecule has 1 aromatic rings. The Morgan fingerprint density at radius 1 is 1.25 bits per heavy atom. The summed E-state index contributed by atoms with van der Waals surface area (Å²) in [6.45, 7) is 0. The van der Waals surface area contributed by atoms with Crippen LogP contribution in [0.1, 0.15) is 37.7 Å². The van der Waals surface area contributed by atoms with Crippen LogP contribution in [0.25, 0.3) is 0 Å². The molecule has 2 heteroatoms. The zero-order valence-corrected chi connectivity index (χ0v) is 9.52. The van der Waals surface area contributed by atoms with Gasteiger partial charge in [-0.15, -0.1) is 0 Å². The van der Waals surface area contributed by atoms with E-state index in [0.717, 1.165) is 12.3 Å². The summed E-state index contributed by atoms with van der Waals surface area (Å²) in [4.78, 5) is 0. The Balaban J connectivity index is 1.96. The Morgan fingerprint density at radius 2 is 1.94 bits per heavy atom. The van der Waals surface area contributed by atoms with Crippen LogP contribution in [0.5, 0.6) is 5.75 Å². The maximum atomic E-state index is 9.59. The predicted molar refractivity (Wildman–Crippen MR) is 64.3 cm³/mol. The number of phenols is 1. The molecule has 2 aliphatic carbocycles. The minimum Gasteiger partial charge on any atom is -0.508 e. The molecule has 3 N–H and O–H groups in total. The molecule has 0 saturated heterocycles. The van der Waals surface area contributed by atoms with Gasteiger partial charge in [-0.25, -0.2) is 0 Å².